The molecule has 0 fully saturated rings. The SMILES string of the molecule is CCCCCCCC(CO)C(Cl)Cl. The molecular weight excluding hydrogens is 207 g/mol. The van der Waals surface area contributed by atoms with E-state index in [2.05, 4.69) is 6.92 Å². The van der Waals surface area contributed by atoms with Gasteiger partial charge in [0, 0.05) is 12.5 Å². The number of rotatable bonds is 8. The van der Waals surface area contributed by atoms with Gasteiger partial charge in [-0.1, -0.05) is 39.0 Å². The predicted molar refractivity (Wildman–Crippen MR) is 59.4 cm³/mol. The monoisotopic (exact) mass is 226 g/mol. The molecule has 0 aliphatic carbocycles. The van der Waals surface area contributed by atoms with Crippen molar-refractivity contribution in [3.05, 3.63) is 0 Å². The van der Waals surface area contributed by atoms with E-state index in [-0.39, 0.29) is 12.5 Å². The molecule has 0 saturated carbocycles. The van der Waals surface area contributed by atoms with Crippen LogP contribution in [-0.2, 0) is 0 Å². The normalized spacial score (nSPS) is 13.6. The molecule has 0 spiro atoms. The summed E-state index contributed by atoms with van der Waals surface area (Å²) in [5.74, 6) is 0.0601. The predicted octanol–water partition coefficient (Wildman–Crippen LogP) is 3.76. The summed E-state index contributed by atoms with van der Waals surface area (Å²) in [6.07, 6.45) is 7.14. The maximum Gasteiger partial charge on any atom is 0.112 e. The van der Waals surface area contributed by atoms with Crippen molar-refractivity contribution in [1.29, 1.82) is 0 Å². The van der Waals surface area contributed by atoms with Gasteiger partial charge in [0.05, 0.1) is 0 Å². The standard InChI is InChI=1S/C10H20Cl2O/c1-2-3-4-5-6-7-9(8-13)10(11)12/h9-10,13H,2-8H2,1H3. The zero-order valence-electron chi connectivity index (χ0n) is 8.31. The third kappa shape index (κ3) is 7.60. The molecule has 13 heavy (non-hydrogen) atoms. The molecule has 0 heterocycles. The summed E-state index contributed by atoms with van der Waals surface area (Å²) in [6.45, 7) is 2.30. The van der Waals surface area contributed by atoms with Crippen LogP contribution in [0.2, 0.25) is 0 Å². The highest BCUT2D eigenvalue weighted by molar-refractivity contribution is 6.44. The first kappa shape index (κ1) is 13.5. The lowest BCUT2D eigenvalue weighted by atomic mass is 10.0. The van der Waals surface area contributed by atoms with Crippen LogP contribution in [-0.4, -0.2) is 16.5 Å². The molecule has 0 amide bonds. The quantitative estimate of drug-likeness (QED) is 0.494. The molecule has 3 heteroatoms. The van der Waals surface area contributed by atoms with Gasteiger partial charge in [0.2, 0.25) is 0 Å². The maximum atomic E-state index is 8.93. The number of halogens is 2. The van der Waals surface area contributed by atoms with Gasteiger partial charge < -0.3 is 5.11 Å². The van der Waals surface area contributed by atoms with Gasteiger partial charge in [-0.05, 0) is 6.42 Å². The highest BCUT2D eigenvalue weighted by atomic mass is 35.5. The molecule has 0 aliphatic rings. The van der Waals surface area contributed by atoms with Crippen molar-refractivity contribution < 1.29 is 5.11 Å². The number of hydrogen-bond donors (Lipinski definition) is 1. The fourth-order valence-corrected chi connectivity index (χ4v) is 1.72. The van der Waals surface area contributed by atoms with E-state index in [1.807, 2.05) is 0 Å². The van der Waals surface area contributed by atoms with Gasteiger partial charge in [-0.2, -0.15) is 0 Å². The molecule has 1 nitrogen and oxygen atoms in total. The second kappa shape index (κ2) is 9.11. The first-order chi connectivity index (χ1) is 6.22. The fraction of sp³-hybridized carbons (Fsp3) is 1.00. The van der Waals surface area contributed by atoms with E-state index >= 15 is 0 Å². The molecule has 0 aromatic carbocycles. The first-order valence-electron chi connectivity index (χ1n) is 5.11. The van der Waals surface area contributed by atoms with Gasteiger partial charge in [-0.15, -0.1) is 23.2 Å². The van der Waals surface area contributed by atoms with E-state index < -0.39 is 4.84 Å². The Morgan fingerprint density at radius 3 is 2.15 bits per heavy atom. The lowest BCUT2D eigenvalue weighted by molar-refractivity contribution is 0.223. The minimum atomic E-state index is -0.420. The minimum absolute atomic E-state index is 0.0601. The molecule has 0 radical (unpaired) electrons. The summed E-state index contributed by atoms with van der Waals surface area (Å²) in [5.41, 5.74) is 0. The number of unbranched alkanes of at least 4 members (excludes halogenated alkanes) is 4. The number of alkyl halides is 2. The highest BCUT2D eigenvalue weighted by Crippen LogP contribution is 2.21. The van der Waals surface area contributed by atoms with Crippen molar-refractivity contribution in [1.82, 2.24) is 0 Å². The van der Waals surface area contributed by atoms with Gasteiger partial charge >= 0.3 is 0 Å². The van der Waals surface area contributed by atoms with E-state index in [0.29, 0.717) is 0 Å². The Hall–Kier alpha value is 0.540. The van der Waals surface area contributed by atoms with Crippen LogP contribution in [0.3, 0.4) is 0 Å². The Kier molecular flexibility index (Phi) is 9.49. The van der Waals surface area contributed by atoms with Crippen LogP contribution in [0.5, 0.6) is 0 Å². The van der Waals surface area contributed by atoms with Gasteiger partial charge in [-0.25, -0.2) is 0 Å². The van der Waals surface area contributed by atoms with Crippen molar-refractivity contribution in [2.24, 2.45) is 5.92 Å². The average Bonchev–Trinajstić information content (AvgIpc) is 2.10. The van der Waals surface area contributed by atoms with Crippen LogP contribution >= 0.6 is 23.2 Å². The minimum Gasteiger partial charge on any atom is -0.396 e. The average molecular weight is 227 g/mol. The fourth-order valence-electron chi connectivity index (χ4n) is 1.31. The van der Waals surface area contributed by atoms with Crippen LogP contribution in [0, 0.1) is 5.92 Å². The molecule has 0 aromatic rings. The molecule has 0 rings (SSSR count). The molecule has 0 bridgehead atoms. The second-order valence-corrected chi connectivity index (χ2v) is 4.64. The Labute approximate surface area is 91.4 Å². The van der Waals surface area contributed by atoms with Crippen molar-refractivity contribution >= 4 is 23.2 Å². The lowest BCUT2D eigenvalue weighted by Crippen LogP contribution is -2.13. The van der Waals surface area contributed by atoms with E-state index in [0.717, 1.165) is 12.8 Å². The summed E-state index contributed by atoms with van der Waals surface area (Å²) < 4.78 is 0. The summed E-state index contributed by atoms with van der Waals surface area (Å²) in [4.78, 5) is -0.420. The van der Waals surface area contributed by atoms with Crippen molar-refractivity contribution in [2.45, 2.75) is 50.3 Å². The maximum absolute atomic E-state index is 8.93. The summed E-state index contributed by atoms with van der Waals surface area (Å²) in [7, 11) is 0. The van der Waals surface area contributed by atoms with Crippen molar-refractivity contribution in [3.8, 4) is 0 Å². The van der Waals surface area contributed by atoms with E-state index in [4.69, 9.17) is 28.3 Å². The number of aliphatic hydroxyl groups is 1. The summed E-state index contributed by atoms with van der Waals surface area (Å²) in [5, 5.41) is 8.93. The largest absolute Gasteiger partial charge is 0.396 e. The molecule has 1 unspecified atom stereocenters. The zero-order valence-corrected chi connectivity index (χ0v) is 9.82. The molecular formula is C10H20Cl2O. The van der Waals surface area contributed by atoms with Crippen LogP contribution in [0.4, 0.5) is 0 Å². The molecule has 0 aliphatic heterocycles. The van der Waals surface area contributed by atoms with Crippen LogP contribution in [0.15, 0.2) is 0 Å². The Balaban J connectivity index is 3.28. The van der Waals surface area contributed by atoms with Gasteiger partial charge in [-0.3, -0.25) is 0 Å². The smallest absolute Gasteiger partial charge is 0.112 e. The molecule has 0 saturated heterocycles. The third-order valence-electron chi connectivity index (χ3n) is 2.27. The van der Waals surface area contributed by atoms with Gasteiger partial charge in [0.15, 0.2) is 0 Å². The van der Waals surface area contributed by atoms with Crippen LogP contribution in [0.25, 0.3) is 0 Å². The first-order valence-corrected chi connectivity index (χ1v) is 5.98. The van der Waals surface area contributed by atoms with E-state index in [9.17, 15) is 0 Å². The van der Waals surface area contributed by atoms with Crippen LogP contribution < -0.4 is 0 Å². The van der Waals surface area contributed by atoms with E-state index in [1.165, 1.54) is 25.7 Å². The third-order valence-corrected chi connectivity index (χ3v) is 2.98. The Bertz CT molecular complexity index is 107. The topological polar surface area (TPSA) is 20.2 Å². The summed E-state index contributed by atoms with van der Waals surface area (Å²) in [6, 6.07) is 0. The number of aliphatic hydroxyl groups excluding tert-OH is 1. The van der Waals surface area contributed by atoms with Crippen LogP contribution in [0.1, 0.15) is 45.4 Å². The Morgan fingerprint density at radius 1 is 1.08 bits per heavy atom. The molecule has 80 valence electrons. The highest BCUT2D eigenvalue weighted by Gasteiger charge is 2.14. The molecule has 0 aromatic heterocycles. The summed E-state index contributed by atoms with van der Waals surface area (Å²) >= 11 is 11.4. The van der Waals surface area contributed by atoms with E-state index in [1.54, 1.807) is 0 Å². The van der Waals surface area contributed by atoms with Crippen molar-refractivity contribution in [2.75, 3.05) is 6.61 Å². The lowest BCUT2D eigenvalue weighted by Gasteiger charge is -2.14. The van der Waals surface area contributed by atoms with Crippen molar-refractivity contribution in [3.63, 3.8) is 0 Å². The number of hydrogen-bond acceptors (Lipinski definition) is 1. The van der Waals surface area contributed by atoms with Gasteiger partial charge in [0.1, 0.15) is 4.84 Å². The second-order valence-electron chi connectivity index (χ2n) is 3.48. The zero-order chi connectivity index (χ0) is 10.1. The van der Waals surface area contributed by atoms with Gasteiger partial charge in [0.25, 0.3) is 0 Å². The Morgan fingerprint density at radius 2 is 1.69 bits per heavy atom. The molecule has 1 atom stereocenters. The molecule has 1 N–H and O–H groups in total.